The molecule has 0 aliphatic heterocycles. The van der Waals surface area contributed by atoms with E-state index in [0.29, 0.717) is 5.56 Å². The summed E-state index contributed by atoms with van der Waals surface area (Å²) in [5.74, 6) is -1.79. The molecule has 0 aromatic heterocycles. The number of halogens is 3. The fourth-order valence-electron chi connectivity index (χ4n) is 2.86. The molecule has 4 nitrogen and oxygen atoms in total. The van der Waals surface area contributed by atoms with E-state index in [9.17, 15) is 17.6 Å². The SMILES string of the molecule is CC(=O)COc1c(Cl)cc(Cl)cc1S(=O)(=O)Cc1cc(-c2ccccc2)ccc1F. The van der Waals surface area contributed by atoms with Crippen LogP contribution in [0, 0.1) is 5.82 Å². The van der Waals surface area contributed by atoms with Crippen molar-refractivity contribution < 1.29 is 22.3 Å². The molecule has 3 rings (SSSR count). The van der Waals surface area contributed by atoms with E-state index >= 15 is 0 Å². The zero-order chi connectivity index (χ0) is 21.9. The van der Waals surface area contributed by atoms with Gasteiger partial charge in [-0.3, -0.25) is 4.79 Å². The molecule has 0 amide bonds. The minimum absolute atomic E-state index is 0.00929. The summed E-state index contributed by atoms with van der Waals surface area (Å²) in [6, 6.07) is 16.0. The summed E-state index contributed by atoms with van der Waals surface area (Å²) in [6.07, 6.45) is 0. The van der Waals surface area contributed by atoms with Gasteiger partial charge in [0.2, 0.25) is 0 Å². The summed E-state index contributed by atoms with van der Waals surface area (Å²) < 4.78 is 46.0. The molecule has 3 aromatic rings. The first kappa shape index (κ1) is 22.3. The van der Waals surface area contributed by atoms with Crippen LogP contribution in [0.3, 0.4) is 0 Å². The molecule has 0 saturated heterocycles. The molecule has 0 fully saturated rings. The summed E-state index contributed by atoms with van der Waals surface area (Å²) in [4.78, 5) is 11.0. The van der Waals surface area contributed by atoms with Crippen molar-refractivity contribution in [3.8, 4) is 16.9 Å². The Morgan fingerprint density at radius 3 is 2.37 bits per heavy atom. The van der Waals surface area contributed by atoms with Gasteiger partial charge in [-0.15, -0.1) is 0 Å². The highest BCUT2D eigenvalue weighted by Gasteiger charge is 2.25. The first-order valence-corrected chi connectivity index (χ1v) is 11.3. The third-order valence-electron chi connectivity index (χ3n) is 4.23. The molecule has 0 atom stereocenters. The predicted octanol–water partition coefficient (Wildman–Crippen LogP) is 5.74. The Balaban J connectivity index is 2.02. The van der Waals surface area contributed by atoms with Crippen LogP contribution in [0.2, 0.25) is 10.0 Å². The monoisotopic (exact) mass is 466 g/mol. The Morgan fingerprint density at radius 1 is 1.00 bits per heavy atom. The Labute approximate surface area is 184 Å². The van der Waals surface area contributed by atoms with Crippen LogP contribution in [-0.2, 0) is 20.4 Å². The van der Waals surface area contributed by atoms with Crippen LogP contribution in [0.25, 0.3) is 11.1 Å². The molecule has 8 heteroatoms. The minimum atomic E-state index is -4.10. The van der Waals surface area contributed by atoms with E-state index < -0.39 is 21.4 Å². The normalized spacial score (nSPS) is 11.3. The highest BCUT2D eigenvalue weighted by Crippen LogP contribution is 2.37. The number of carbonyl (C=O) groups excluding carboxylic acids is 1. The van der Waals surface area contributed by atoms with Crippen molar-refractivity contribution >= 4 is 38.8 Å². The first-order chi connectivity index (χ1) is 14.2. The number of rotatable bonds is 7. The molecule has 0 heterocycles. The van der Waals surface area contributed by atoms with Crippen molar-refractivity contribution in [1.29, 1.82) is 0 Å². The predicted molar refractivity (Wildman–Crippen MR) is 115 cm³/mol. The number of benzene rings is 3. The number of ether oxygens (including phenoxy) is 1. The van der Waals surface area contributed by atoms with Gasteiger partial charge in [0, 0.05) is 10.6 Å². The van der Waals surface area contributed by atoms with Crippen LogP contribution in [0.5, 0.6) is 5.75 Å². The van der Waals surface area contributed by atoms with Gasteiger partial charge >= 0.3 is 0 Å². The topological polar surface area (TPSA) is 60.4 Å². The molecule has 0 aliphatic carbocycles. The molecular weight excluding hydrogens is 450 g/mol. The van der Waals surface area contributed by atoms with Gasteiger partial charge in [0.1, 0.15) is 17.3 Å². The standard InChI is InChI=1S/C22H17Cl2FO4S/c1-14(26)12-29-22-19(24)10-18(23)11-21(22)30(27,28)13-17-9-16(7-8-20(17)25)15-5-3-2-4-6-15/h2-11H,12-13H2,1H3. The van der Waals surface area contributed by atoms with Crippen molar-refractivity contribution in [3.63, 3.8) is 0 Å². The molecule has 0 spiro atoms. The van der Waals surface area contributed by atoms with E-state index in [0.717, 1.165) is 5.56 Å². The van der Waals surface area contributed by atoms with Crippen molar-refractivity contribution in [2.45, 2.75) is 17.6 Å². The van der Waals surface area contributed by atoms with Crippen LogP contribution in [0.15, 0.2) is 65.6 Å². The second kappa shape index (κ2) is 9.16. The lowest BCUT2D eigenvalue weighted by Crippen LogP contribution is -2.12. The number of Topliss-reactive ketones (excluding diaryl/α,β-unsaturated/α-hetero) is 1. The number of sulfone groups is 1. The third kappa shape index (κ3) is 5.19. The Kier molecular flexibility index (Phi) is 6.81. The third-order valence-corrected chi connectivity index (χ3v) is 6.39. The van der Waals surface area contributed by atoms with Gasteiger partial charge in [0.15, 0.2) is 21.4 Å². The van der Waals surface area contributed by atoms with Gasteiger partial charge in [-0.25, -0.2) is 12.8 Å². The van der Waals surface area contributed by atoms with Gasteiger partial charge in [0.25, 0.3) is 0 Å². The van der Waals surface area contributed by atoms with E-state index in [-0.39, 0.29) is 38.6 Å². The van der Waals surface area contributed by atoms with Crippen molar-refractivity contribution in [2.75, 3.05) is 6.61 Å². The van der Waals surface area contributed by atoms with Crippen LogP contribution in [0.4, 0.5) is 4.39 Å². The van der Waals surface area contributed by atoms with Gasteiger partial charge in [-0.2, -0.15) is 0 Å². The summed E-state index contributed by atoms with van der Waals surface area (Å²) in [7, 11) is -4.10. The molecule has 30 heavy (non-hydrogen) atoms. The van der Waals surface area contributed by atoms with E-state index in [1.165, 1.54) is 31.2 Å². The van der Waals surface area contributed by atoms with Crippen LogP contribution >= 0.6 is 23.2 Å². The fourth-order valence-corrected chi connectivity index (χ4v) is 5.07. The van der Waals surface area contributed by atoms with E-state index in [1.54, 1.807) is 6.07 Å². The van der Waals surface area contributed by atoms with Crippen LogP contribution in [0.1, 0.15) is 12.5 Å². The maximum absolute atomic E-state index is 14.5. The van der Waals surface area contributed by atoms with E-state index in [2.05, 4.69) is 0 Å². The molecule has 0 bridgehead atoms. The van der Waals surface area contributed by atoms with E-state index in [1.807, 2.05) is 30.3 Å². The number of carbonyl (C=O) groups is 1. The lowest BCUT2D eigenvalue weighted by Gasteiger charge is -2.14. The maximum Gasteiger partial charge on any atom is 0.186 e. The number of hydrogen-bond donors (Lipinski definition) is 0. The second-order valence-corrected chi connectivity index (χ2v) is 9.44. The van der Waals surface area contributed by atoms with Crippen molar-refractivity contribution in [1.82, 2.24) is 0 Å². The minimum Gasteiger partial charge on any atom is -0.483 e. The Hall–Kier alpha value is -2.41. The molecule has 0 N–H and O–H groups in total. The van der Waals surface area contributed by atoms with Crippen molar-refractivity contribution in [2.24, 2.45) is 0 Å². The zero-order valence-electron chi connectivity index (χ0n) is 15.9. The Morgan fingerprint density at radius 2 is 1.70 bits per heavy atom. The molecule has 3 aromatic carbocycles. The van der Waals surface area contributed by atoms with Gasteiger partial charge in [-0.1, -0.05) is 59.6 Å². The molecule has 0 saturated carbocycles. The number of ketones is 1. The Bertz CT molecular complexity index is 1200. The smallest absolute Gasteiger partial charge is 0.186 e. The van der Waals surface area contributed by atoms with Gasteiger partial charge in [-0.05, 0) is 42.3 Å². The molecule has 0 unspecified atom stereocenters. The average molecular weight is 467 g/mol. The van der Waals surface area contributed by atoms with Gasteiger partial charge in [0.05, 0.1) is 10.8 Å². The number of hydrogen-bond acceptors (Lipinski definition) is 4. The second-order valence-electron chi connectivity index (χ2n) is 6.64. The van der Waals surface area contributed by atoms with Crippen LogP contribution in [-0.4, -0.2) is 20.8 Å². The van der Waals surface area contributed by atoms with E-state index in [4.69, 9.17) is 27.9 Å². The average Bonchev–Trinajstić information content (AvgIpc) is 2.69. The maximum atomic E-state index is 14.5. The summed E-state index contributed by atoms with van der Waals surface area (Å²) in [6.45, 7) is 0.935. The molecule has 0 radical (unpaired) electrons. The zero-order valence-corrected chi connectivity index (χ0v) is 18.2. The largest absolute Gasteiger partial charge is 0.483 e. The van der Waals surface area contributed by atoms with Crippen LogP contribution < -0.4 is 4.74 Å². The summed E-state index contributed by atoms with van der Waals surface area (Å²) in [5.41, 5.74) is 1.50. The first-order valence-electron chi connectivity index (χ1n) is 8.85. The molecule has 156 valence electrons. The van der Waals surface area contributed by atoms with Gasteiger partial charge < -0.3 is 4.74 Å². The highest BCUT2D eigenvalue weighted by molar-refractivity contribution is 7.90. The molecule has 0 aliphatic rings. The quantitative estimate of drug-likeness (QED) is 0.445. The highest BCUT2D eigenvalue weighted by atomic mass is 35.5. The fraction of sp³-hybridized carbons (Fsp3) is 0.136. The summed E-state index contributed by atoms with van der Waals surface area (Å²) in [5, 5.41) is 0.0214. The summed E-state index contributed by atoms with van der Waals surface area (Å²) >= 11 is 12.1. The lowest BCUT2D eigenvalue weighted by atomic mass is 10.0. The lowest BCUT2D eigenvalue weighted by molar-refractivity contribution is -0.118. The molecular formula is C22H17Cl2FO4S. The van der Waals surface area contributed by atoms with Crippen molar-refractivity contribution in [3.05, 3.63) is 82.1 Å².